The van der Waals surface area contributed by atoms with Gasteiger partial charge in [-0.05, 0) is 31.3 Å². The van der Waals surface area contributed by atoms with Gasteiger partial charge in [0.05, 0.1) is 0 Å². The van der Waals surface area contributed by atoms with Crippen LogP contribution in [0, 0.1) is 6.92 Å². The average molecular weight is 238 g/mol. The lowest BCUT2D eigenvalue weighted by Gasteiger charge is -2.26. The summed E-state index contributed by atoms with van der Waals surface area (Å²) in [6.45, 7) is 4.39. The summed E-state index contributed by atoms with van der Waals surface area (Å²) in [5, 5.41) is 1.27. The normalized spacial score (nSPS) is 22.1. The number of nitrogens with zero attached hydrogens (tertiary/aromatic N) is 2. The van der Waals surface area contributed by atoms with Crippen molar-refractivity contribution in [2.45, 2.75) is 70.6 Å². The van der Waals surface area contributed by atoms with Gasteiger partial charge in [0.15, 0.2) is 0 Å². The smallest absolute Gasteiger partial charge is 0.139 e. The summed E-state index contributed by atoms with van der Waals surface area (Å²) < 4.78 is 4.35. The first-order valence-electron chi connectivity index (χ1n) is 6.51. The maximum Gasteiger partial charge on any atom is 0.139 e. The van der Waals surface area contributed by atoms with Gasteiger partial charge in [-0.1, -0.05) is 45.4 Å². The van der Waals surface area contributed by atoms with Crippen molar-refractivity contribution < 1.29 is 0 Å². The molecule has 0 aromatic carbocycles. The van der Waals surface area contributed by atoms with Gasteiger partial charge in [-0.25, -0.2) is 4.98 Å². The topological polar surface area (TPSA) is 25.8 Å². The van der Waals surface area contributed by atoms with Crippen LogP contribution < -0.4 is 0 Å². The number of hydrogen-bond acceptors (Lipinski definition) is 3. The van der Waals surface area contributed by atoms with E-state index in [1.165, 1.54) is 56.4 Å². The second-order valence-electron chi connectivity index (χ2n) is 5.33. The molecular formula is C13H22N2S. The van der Waals surface area contributed by atoms with Gasteiger partial charge < -0.3 is 0 Å². The fourth-order valence-corrected chi connectivity index (χ4v) is 3.48. The third-order valence-electron chi connectivity index (χ3n) is 3.75. The molecule has 16 heavy (non-hydrogen) atoms. The molecule has 0 bridgehead atoms. The zero-order chi connectivity index (χ0) is 11.4. The molecule has 0 atom stereocenters. The molecule has 1 aliphatic rings. The minimum atomic E-state index is 0.302. The summed E-state index contributed by atoms with van der Waals surface area (Å²) in [6.07, 6.45) is 10.9. The van der Waals surface area contributed by atoms with E-state index in [9.17, 15) is 0 Å². The van der Waals surface area contributed by atoms with E-state index in [1.807, 2.05) is 6.92 Å². The molecular weight excluding hydrogens is 216 g/mol. The van der Waals surface area contributed by atoms with Crippen LogP contribution in [0.2, 0.25) is 0 Å². The Bertz CT molecular complexity index is 322. The molecule has 1 fully saturated rings. The Hall–Kier alpha value is -0.440. The fraction of sp³-hybridized carbons (Fsp3) is 0.846. The quantitative estimate of drug-likeness (QED) is 0.731. The van der Waals surface area contributed by atoms with E-state index in [-0.39, 0.29) is 0 Å². The molecule has 3 heteroatoms. The Morgan fingerprint density at radius 3 is 2.06 bits per heavy atom. The van der Waals surface area contributed by atoms with E-state index in [0.717, 1.165) is 5.82 Å². The molecule has 1 heterocycles. The summed E-state index contributed by atoms with van der Waals surface area (Å²) in [6, 6.07) is 0. The summed E-state index contributed by atoms with van der Waals surface area (Å²) in [4.78, 5) is 4.62. The first-order valence-corrected chi connectivity index (χ1v) is 7.29. The lowest BCUT2D eigenvalue weighted by atomic mass is 9.81. The number of aromatic nitrogens is 2. The Kier molecular flexibility index (Phi) is 3.95. The van der Waals surface area contributed by atoms with E-state index in [4.69, 9.17) is 0 Å². The van der Waals surface area contributed by atoms with Crippen LogP contribution in [-0.2, 0) is 5.41 Å². The van der Waals surface area contributed by atoms with Gasteiger partial charge in [0, 0.05) is 5.41 Å². The van der Waals surface area contributed by atoms with Crippen molar-refractivity contribution in [1.29, 1.82) is 0 Å². The lowest BCUT2D eigenvalue weighted by Crippen LogP contribution is -2.21. The lowest BCUT2D eigenvalue weighted by molar-refractivity contribution is 0.379. The third kappa shape index (κ3) is 2.82. The molecule has 0 aliphatic heterocycles. The summed E-state index contributed by atoms with van der Waals surface area (Å²) >= 11 is 1.62. The number of hydrogen-bond donors (Lipinski definition) is 0. The van der Waals surface area contributed by atoms with Crippen molar-refractivity contribution in [2.75, 3.05) is 0 Å². The van der Waals surface area contributed by atoms with Crippen LogP contribution in [0.15, 0.2) is 0 Å². The SMILES string of the molecule is Cc1nsc(C2(C)CCCCCCCC2)n1. The molecule has 1 aromatic heterocycles. The Morgan fingerprint density at radius 2 is 1.56 bits per heavy atom. The standard InChI is InChI=1S/C13H22N2S/c1-11-14-12(16-15-11)13(2)9-7-5-3-4-6-8-10-13/h3-10H2,1-2H3. The van der Waals surface area contributed by atoms with Crippen LogP contribution >= 0.6 is 11.5 Å². The third-order valence-corrected chi connectivity index (χ3v) is 4.86. The highest BCUT2D eigenvalue weighted by Gasteiger charge is 2.29. The van der Waals surface area contributed by atoms with Crippen LogP contribution in [0.25, 0.3) is 0 Å². The van der Waals surface area contributed by atoms with Crippen LogP contribution in [0.4, 0.5) is 0 Å². The Balaban J connectivity index is 2.12. The predicted octanol–water partition coefficient (Wildman–Crippen LogP) is 4.24. The van der Waals surface area contributed by atoms with E-state index in [0.29, 0.717) is 5.41 Å². The monoisotopic (exact) mass is 238 g/mol. The summed E-state index contributed by atoms with van der Waals surface area (Å²) in [7, 11) is 0. The van der Waals surface area contributed by atoms with E-state index in [2.05, 4.69) is 16.3 Å². The van der Waals surface area contributed by atoms with Gasteiger partial charge in [-0.15, -0.1) is 0 Å². The van der Waals surface area contributed by atoms with Crippen molar-refractivity contribution in [3.05, 3.63) is 10.8 Å². The molecule has 0 amide bonds. The van der Waals surface area contributed by atoms with E-state index < -0.39 is 0 Å². The zero-order valence-electron chi connectivity index (χ0n) is 10.5. The van der Waals surface area contributed by atoms with E-state index in [1.54, 1.807) is 11.5 Å². The number of aryl methyl sites for hydroxylation is 1. The van der Waals surface area contributed by atoms with Gasteiger partial charge in [0.1, 0.15) is 10.8 Å². The van der Waals surface area contributed by atoms with Gasteiger partial charge in [0.25, 0.3) is 0 Å². The maximum absolute atomic E-state index is 4.62. The molecule has 2 nitrogen and oxygen atoms in total. The van der Waals surface area contributed by atoms with Gasteiger partial charge >= 0.3 is 0 Å². The first kappa shape index (κ1) is 12.0. The highest BCUT2D eigenvalue weighted by molar-refractivity contribution is 7.05. The average Bonchev–Trinajstić information content (AvgIpc) is 2.71. The molecule has 0 saturated heterocycles. The molecule has 1 aromatic rings. The van der Waals surface area contributed by atoms with Gasteiger partial charge in [-0.3, -0.25) is 0 Å². The molecule has 0 unspecified atom stereocenters. The molecule has 0 spiro atoms. The van der Waals surface area contributed by atoms with E-state index >= 15 is 0 Å². The van der Waals surface area contributed by atoms with Gasteiger partial charge in [0.2, 0.25) is 0 Å². The fourth-order valence-electron chi connectivity index (χ4n) is 2.62. The molecule has 1 saturated carbocycles. The summed E-state index contributed by atoms with van der Waals surface area (Å²) in [5.74, 6) is 0.945. The molecule has 2 rings (SSSR count). The van der Waals surface area contributed by atoms with Crippen molar-refractivity contribution in [3.8, 4) is 0 Å². The Labute approximate surface area is 103 Å². The summed E-state index contributed by atoms with van der Waals surface area (Å²) in [5.41, 5.74) is 0.302. The van der Waals surface area contributed by atoms with Crippen LogP contribution in [0.5, 0.6) is 0 Å². The minimum absolute atomic E-state index is 0.302. The molecule has 0 radical (unpaired) electrons. The maximum atomic E-state index is 4.62. The minimum Gasteiger partial charge on any atom is -0.224 e. The first-order chi connectivity index (χ1) is 7.71. The zero-order valence-corrected chi connectivity index (χ0v) is 11.3. The second-order valence-corrected chi connectivity index (χ2v) is 6.08. The van der Waals surface area contributed by atoms with Crippen LogP contribution in [0.1, 0.15) is 69.1 Å². The number of rotatable bonds is 1. The van der Waals surface area contributed by atoms with Gasteiger partial charge in [-0.2, -0.15) is 4.37 Å². The second kappa shape index (κ2) is 5.26. The van der Waals surface area contributed by atoms with Crippen molar-refractivity contribution in [3.63, 3.8) is 0 Å². The highest BCUT2D eigenvalue weighted by Crippen LogP contribution is 2.37. The Morgan fingerprint density at radius 1 is 1.00 bits per heavy atom. The predicted molar refractivity (Wildman–Crippen MR) is 68.9 cm³/mol. The molecule has 0 N–H and O–H groups in total. The van der Waals surface area contributed by atoms with Crippen LogP contribution in [0.3, 0.4) is 0 Å². The molecule has 1 aliphatic carbocycles. The highest BCUT2D eigenvalue weighted by atomic mass is 32.1. The van der Waals surface area contributed by atoms with Crippen molar-refractivity contribution in [2.24, 2.45) is 0 Å². The van der Waals surface area contributed by atoms with Crippen molar-refractivity contribution in [1.82, 2.24) is 9.36 Å². The largest absolute Gasteiger partial charge is 0.224 e. The molecule has 90 valence electrons. The van der Waals surface area contributed by atoms with Crippen molar-refractivity contribution >= 4 is 11.5 Å². The van der Waals surface area contributed by atoms with Crippen LogP contribution in [-0.4, -0.2) is 9.36 Å².